The second-order valence-corrected chi connectivity index (χ2v) is 4.98. The molecule has 3 rings (SSSR count). The molecule has 1 saturated carbocycles. The zero-order valence-corrected chi connectivity index (χ0v) is 10.8. The maximum Gasteiger partial charge on any atom is 0.149 e. The molecule has 4 nitrogen and oxygen atoms in total. The van der Waals surface area contributed by atoms with Crippen LogP contribution in [0.2, 0.25) is 0 Å². The number of rotatable bonds is 2. The Morgan fingerprint density at radius 3 is 2.63 bits per heavy atom. The van der Waals surface area contributed by atoms with Gasteiger partial charge in [-0.2, -0.15) is 5.26 Å². The standard InChI is InChI=1S/C15H14N4/c1-11-9-13(12-5-2-3-8-17-12)19-14(18-11)15(10-16)6-4-7-15/h2-3,5,8-9H,4,6-7H2,1H3. The van der Waals surface area contributed by atoms with Crippen molar-refractivity contribution in [3.63, 3.8) is 0 Å². The van der Waals surface area contributed by atoms with Gasteiger partial charge in [-0.1, -0.05) is 6.07 Å². The molecule has 0 aliphatic heterocycles. The molecule has 0 saturated heterocycles. The van der Waals surface area contributed by atoms with Gasteiger partial charge >= 0.3 is 0 Å². The minimum atomic E-state index is -0.477. The van der Waals surface area contributed by atoms with Crippen molar-refractivity contribution in [1.29, 1.82) is 5.26 Å². The van der Waals surface area contributed by atoms with Crippen LogP contribution >= 0.6 is 0 Å². The highest BCUT2D eigenvalue weighted by atomic mass is 14.9. The lowest BCUT2D eigenvalue weighted by Gasteiger charge is -2.33. The van der Waals surface area contributed by atoms with Gasteiger partial charge in [0.2, 0.25) is 0 Å². The van der Waals surface area contributed by atoms with Crippen molar-refractivity contribution >= 4 is 0 Å². The number of aryl methyl sites for hydroxylation is 1. The average Bonchev–Trinajstić information content (AvgIpc) is 2.39. The van der Waals surface area contributed by atoms with E-state index in [-0.39, 0.29) is 0 Å². The fourth-order valence-corrected chi connectivity index (χ4v) is 2.34. The van der Waals surface area contributed by atoms with Crippen LogP contribution in [-0.4, -0.2) is 15.0 Å². The molecule has 1 fully saturated rings. The summed E-state index contributed by atoms with van der Waals surface area (Å²) in [6.07, 6.45) is 4.53. The molecular formula is C15H14N4. The van der Waals surface area contributed by atoms with Gasteiger partial charge in [0.05, 0.1) is 17.5 Å². The van der Waals surface area contributed by atoms with Crippen LogP contribution in [0, 0.1) is 18.3 Å². The highest BCUT2D eigenvalue weighted by Gasteiger charge is 2.42. The quantitative estimate of drug-likeness (QED) is 0.822. The first-order valence-corrected chi connectivity index (χ1v) is 6.42. The van der Waals surface area contributed by atoms with Crippen molar-refractivity contribution in [3.05, 3.63) is 42.0 Å². The molecule has 4 heteroatoms. The maximum atomic E-state index is 9.40. The largest absolute Gasteiger partial charge is 0.255 e. The molecule has 0 N–H and O–H groups in total. The Morgan fingerprint density at radius 2 is 2.05 bits per heavy atom. The Bertz CT molecular complexity index is 639. The molecule has 1 aliphatic carbocycles. The van der Waals surface area contributed by atoms with E-state index in [1.54, 1.807) is 6.20 Å². The normalized spacial score (nSPS) is 16.4. The first-order chi connectivity index (χ1) is 9.23. The van der Waals surface area contributed by atoms with Crippen LogP contribution in [0.25, 0.3) is 11.4 Å². The molecular weight excluding hydrogens is 236 g/mol. The first kappa shape index (κ1) is 11.8. The third-order valence-corrected chi connectivity index (χ3v) is 3.63. The predicted octanol–water partition coefficient (Wildman–Crippen LogP) is 2.79. The fourth-order valence-electron chi connectivity index (χ4n) is 2.34. The van der Waals surface area contributed by atoms with Gasteiger partial charge in [-0.25, -0.2) is 9.97 Å². The molecule has 1 aliphatic rings. The number of hydrogen-bond acceptors (Lipinski definition) is 4. The highest BCUT2D eigenvalue weighted by Crippen LogP contribution is 2.41. The molecule has 0 unspecified atom stereocenters. The molecule has 2 heterocycles. The van der Waals surface area contributed by atoms with Crippen molar-refractivity contribution in [1.82, 2.24) is 15.0 Å². The Hall–Kier alpha value is -2.28. The van der Waals surface area contributed by atoms with Crippen LogP contribution in [0.4, 0.5) is 0 Å². The van der Waals surface area contributed by atoms with Crippen LogP contribution in [0.3, 0.4) is 0 Å². The maximum absolute atomic E-state index is 9.40. The van der Waals surface area contributed by atoms with Gasteiger partial charge in [0.25, 0.3) is 0 Å². The number of nitrogens with zero attached hydrogens (tertiary/aromatic N) is 4. The molecule has 0 aromatic carbocycles. The van der Waals surface area contributed by atoms with Crippen molar-refractivity contribution in [2.24, 2.45) is 0 Å². The third-order valence-electron chi connectivity index (χ3n) is 3.63. The van der Waals surface area contributed by atoms with E-state index in [4.69, 9.17) is 0 Å². The van der Waals surface area contributed by atoms with Crippen LogP contribution in [0.5, 0.6) is 0 Å². The molecule has 0 radical (unpaired) electrons. The molecule has 0 spiro atoms. The minimum Gasteiger partial charge on any atom is -0.255 e. The SMILES string of the molecule is Cc1cc(-c2ccccn2)nc(C2(C#N)CCC2)n1. The van der Waals surface area contributed by atoms with Gasteiger partial charge < -0.3 is 0 Å². The van der Waals surface area contributed by atoms with E-state index in [2.05, 4.69) is 21.0 Å². The summed E-state index contributed by atoms with van der Waals surface area (Å²) in [6, 6.07) is 10.0. The lowest BCUT2D eigenvalue weighted by Crippen LogP contribution is -2.34. The Morgan fingerprint density at radius 1 is 1.21 bits per heavy atom. The lowest BCUT2D eigenvalue weighted by atomic mass is 9.69. The number of nitriles is 1. The second-order valence-electron chi connectivity index (χ2n) is 4.98. The zero-order chi connectivity index (χ0) is 13.3. The Balaban J connectivity index is 2.09. The predicted molar refractivity (Wildman–Crippen MR) is 71.1 cm³/mol. The van der Waals surface area contributed by atoms with Crippen molar-refractivity contribution in [2.45, 2.75) is 31.6 Å². The summed E-state index contributed by atoms with van der Waals surface area (Å²) in [5, 5.41) is 9.40. The van der Waals surface area contributed by atoms with Crippen molar-refractivity contribution < 1.29 is 0 Å². The van der Waals surface area contributed by atoms with Gasteiger partial charge in [0, 0.05) is 11.9 Å². The second kappa shape index (κ2) is 4.43. The van der Waals surface area contributed by atoms with Gasteiger partial charge in [-0.05, 0) is 44.4 Å². The summed E-state index contributed by atoms with van der Waals surface area (Å²) in [4.78, 5) is 13.3. The highest BCUT2D eigenvalue weighted by molar-refractivity contribution is 5.54. The van der Waals surface area contributed by atoms with E-state index < -0.39 is 5.41 Å². The minimum absolute atomic E-state index is 0.477. The summed E-state index contributed by atoms with van der Waals surface area (Å²) in [5.74, 6) is 0.655. The molecule has 2 aromatic heterocycles. The number of hydrogen-bond donors (Lipinski definition) is 0. The summed E-state index contributed by atoms with van der Waals surface area (Å²) in [6.45, 7) is 1.93. The topological polar surface area (TPSA) is 62.5 Å². The van der Waals surface area contributed by atoms with Crippen LogP contribution in [-0.2, 0) is 5.41 Å². The van der Waals surface area contributed by atoms with Gasteiger partial charge in [0.1, 0.15) is 11.2 Å². The molecule has 0 amide bonds. The van der Waals surface area contributed by atoms with E-state index in [0.717, 1.165) is 36.3 Å². The molecule has 0 atom stereocenters. The van der Waals surface area contributed by atoms with Crippen molar-refractivity contribution in [3.8, 4) is 17.5 Å². The summed E-state index contributed by atoms with van der Waals surface area (Å²) in [5.41, 5.74) is 2.02. The van der Waals surface area contributed by atoms with E-state index in [1.807, 2.05) is 31.2 Å². The van der Waals surface area contributed by atoms with Gasteiger partial charge in [-0.15, -0.1) is 0 Å². The van der Waals surface area contributed by atoms with Crippen LogP contribution in [0.1, 0.15) is 30.8 Å². The Kier molecular flexibility index (Phi) is 2.75. The van der Waals surface area contributed by atoms with E-state index in [9.17, 15) is 5.26 Å². The monoisotopic (exact) mass is 250 g/mol. The van der Waals surface area contributed by atoms with Crippen molar-refractivity contribution in [2.75, 3.05) is 0 Å². The van der Waals surface area contributed by atoms with Gasteiger partial charge in [-0.3, -0.25) is 4.98 Å². The summed E-state index contributed by atoms with van der Waals surface area (Å²) < 4.78 is 0. The number of aromatic nitrogens is 3. The zero-order valence-electron chi connectivity index (χ0n) is 10.8. The number of pyridine rings is 1. The van der Waals surface area contributed by atoms with Crippen LogP contribution < -0.4 is 0 Å². The van der Waals surface area contributed by atoms with Gasteiger partial charge in [0.15, 0.2) is 0 Å². The molecule has 2 aromatic rings. The summed E-state index contributed by atoms with van der Waals surface area (Å²) >= 11 is 0. The van der Waals surface area contributed by atoms with E-state index in [1.165, 1.54) is 0 Å². The van der Waals surface area contributed by atoms with E-state index in [0.29, 0.717) is 5.82 Å². The van der Waals surface area contributed by atoms with E-state index >= 15 is 0 Å². The summed E-state index contributed by atoms with van der Waals surface area (Å²) in [7, 11) is 0. The smallest absolute Gasteiger partial charge is 0.149 e. The fraction of sp³-hybridized carbons (Fsp3) is 0.333. The molecule has 94 valence electrons. The third kappa shape index (κ3) is 1.97. The average molecular weight is 250 g/mol. The lowest BCUT2D eigenvalue weighted by molar-refractivity contribution is 0.307. The Labute approximate surface area is 112 Å². The molecule has 0 bridgehead atoms. The first-order valence-electron chi connectivity index (χ1n) is 6.42. The molecule has 19 heavy (non-hydrogen) atoms. The van der Waals surface area contributed by atoms with Crippen LogP contribution in [0.15, 0.2) is 30.5 Å².